The van der Waals surface area contributed by atoms with E-state index in [-0.39, 0.29) is 0 Å². The van der Waals surface area contributed by atoms with Crippen LogP contribution in [0.4, 0.5) is 0 Å². The maximum Gasteiger partial charge on any atom is 0.0640 e. The van der Waals surface area contributed by atoms with E-state index in [1.54, 1.807) is 0 Å². The number of aromatic nitrogens is 3. The summed E-state index contributed by atoms with van der Waals surface area (Å²) in [6, 6.07) is 8.55. The average Bonchev–Trinajstić information content (AvgIpc) is 2.82. The molecule has 1 N–H and O–H groups in total. The lowest BCUT2D eigenvalue weighted by molar-refractivity contribution is 0.494. The minimum absolute atomic E-state index is 0.393. The number of rotatable bonds is 7. The zero-order valence-electron chi connectivity index (χ0n) is 11.7. The Morgan fingerprint density at radius 3 is 2.68 bits per heavy atom. The first-order valence-corrected chi connectivity index (χ1v) is 6.89. The van der Waals surface area contributed by atoms with E-state index in [0.29, 0.717) is 6.04 Å². The maximum atomic E-state index is 4.46. The molecule has 19 heavy (non-hydrogen) atoms. The number of nitrogens with zero attached hydrogens (tertiary/aromatic N) is 3. The molecule has 1 unspecified atom stereocenters. The van der Waals surface area contributed by atoms with Crippen LogP contribution in [-0.4, -0.2) is 27.4 Å². The molecule has 4 nitrogen and oxygen atoms in total. The average molecular weight is 258 g/mol. The summed E-state index contributed by atoms with van der Waals surface area (Å²) in [5, 5.41) is 8.04. The van der Waals surface area contributed by atoms with Gasteiger partial charge in [-0.25, -0.2) is 0 Å². The molecule has 0 aliphatic rings. The fraction of sp³-hybridized carbons (Fsp3) is 0.467. The molecule has 102 valence electrons. The molecule has 0 radical (unpaired) electrons. The van der Waals surface area contributed by atoms with Gasteiger partial charge in [-0.2, -0.15) is 5.10 Å². The van der Waals surface area contributed by atoms with Crippen molar-refractivity contribution in [2.24, 2.45) is 7.05 Å². The predicted octanol–water partition coefficient (Wildman–Crippen LogP) is 1.97. The third-order valence-corrected chi connectivity index (χ3v) is 3.09. The summed E-state index contributed by atoms with van der Waals surface area (Å²) in [6.07, 6.45) is 6.87. The molecule has 1 atom stereocenters. The van der Waals surface area contributed by atoms with Gasteiger partial charge in [-0.1, -0.05) is 13.0 Å². The second-order valence-corrected chi connectivity index (χ2v) is 4.86. The summed E-state index contributed by atoms with van der Waals surface area (Å²) in [5.74, 6) is 0. The third kappa shape index (κ3) is 4.48. The molecule has 0 spiro atoms. The molecule has 0 aliphatic heterocycles. The van der Waals surface area contributed by atoms with E-state index in [2.05, 4.69) is 34.5 Å². The normalized spacial score (nSPS) is 12.5. The summed E-state index contributed by atoms with van der Waals surface area (Å²) in [7, 11) is 1.96. The van der Waals surface area contributed by atoms with Crippen LogP contribution >= 0.6 is 0 Å². The lowest BCUT2D eigenvalue weighted by Crippen LogP contribution is -2.34. The van der Waals surface area contributed by atoms with Gasteiger partial charge >= 0.3 is 0 Å². The van der Waals surface area contributed by atoms with E-state index >= 15 is 0 Å². The number of hydrogen-bond donors (Lipinski definition) is 1. The Labute approximate surface area is 114 Å². The SMILES string of the molecule is CCCNC(Cc1ccccn1)Cc1ccn(C)n1. The highest BCUT2D eigenvalue weighted by Gasteiger charge is 2.12. The van der Waals surface area contributed by atoms with Crippen LogP contribution in [0.1, 0.15) is 24.7 Å². The van der Waals surface area contributed by atoms with E-state index < -0.39 is 0 Å². The monoisotopic (exact) mass is 258 g/mol. The van der Waals surface area contributed by atoms with Crippen molar-refractivity contribution >= 4 is 0 Å². The molecule has 0 saturated carbocycles. The van der Waals surface area contributed by atoms with Gasteiger partial charge in [0.2, 0.25) is 0 Å². The van der Waals surface area contributed by atoms with E-state index in [4.69, 9.17) is 0 Å². The standard InChI is InChI=1S/C15H22N4/c1-3-8-16-15(11-13-6-4-5-9-17-13)12-14-7-10-19(2)18-14/h4-7,9-10,15-16H,3,8,11-12H2,1-2H3. The number of aryl methyl sites for hydroxylation is 1. The molecule has 2 rings (SSSR count). The second-order valence-electron chi connectivity index (χ2n) is 4.86. The van der Waals surface area contributed by atoms with Crippen molar-refractivity contribution < 1.29 is 0 Å². The first-order chi connectivity index (χ1) is 9.28. The highest BCUT2D eigenvalue weighted by molar-refractivity contribution is 5.08. The zero-order chi connectivity index (χ0) is 13.5. The Bertz CT molecular complexity index is 478. The van der Waals surface area contributed by atoms with Crippen molar-refractivity contribution in [2.45, 2.75) is 32.2 Å². The van der Waals surface area contributed by atoms with Gasteiger partial charge < -0.3 is 5.32 Å². The van der Waals surface area contributed by atoms with Crippen LogP contribution in [0.25, 0.3) is 0 Å². The molecule has 0 aromatic carbocycles. The van der Waals surface area contributed by atoms with E-state index in [1.807, 2.05) is 36.3 Å². The van der Waals surface area contributed by atoms with Crippen LogP contribution < -0.4 is 5.32 Å². The van der Waals surface area contributed by atoms with Gasteiger partial charge in [0.05, 0.1) is 5.69 Å². The minimum atomic E-state index is 0.393. The van der Waals surface area contributed by atoms with E-state index in [0.717, 1.165) is 37.2 Å². The fourth-order valence-electron chi connectivity index (χ4n) is 2.16. The summed E-state index contributed by atoms with van der Waals surface area (Å²) >= 11 is 0. The van der Waals surface area contributed by atoms with Gasteiger partial charge in [-0.15, -0.1) is 0 Å². The topological polar surface area (TPSA) is 42.7 Å². The molecule has 0 saturated heterocycles. The van der Waals surface area contributed by atoms with Crippen LogP contribution in [0.5, 0.6) is 0 Å². The lowest BCUT2D eigenvalue weighted by Gasteiger charge is -2.17. The number of hydrogen-bond acceptors (Lipinski definition) is 3. The van der Waals surface area contributed by atoms with Crippen LogP contribution in [0.15, 0.2) is 36.7 Å². The summed E-state index contributed by atoms with van der Waals surface area (Å²) < 4.78 is 1.85. The van der Waals surface area contributed by atoms with Gasteiger partial charge in [0.25, 0.3) is 0 Å². The minimum Gasteiger partial charge on any atom is -0.313 e. The van der Waals surface area contributed by atoms with Gasteiger partial charge in [-0.05, 0) is 31.2 Å². The number of nitrogens with one attached hydrogen (secondary N) is 1. The van der Waals surface area contributed by atoms with Crippen molar-refractivity contribution in [2.75, 3.05) is 6.54 Å². The maximum absolute atomic E-state index is 4.46. The van der Waals surface area contributed by atoms with Crippen molar-refractivity contribution in [1.29, 1.82) is 0 Å². The van der Waals surface area contributed by atoms with Gasteiger partial charge in [0, 0.05) is 44.0 Å². The van der Waals surface area contributed by atoms with E-state index in [1.165, 1.54) is 0 Å². The largest absolute Gasteiger partial charge is 0.313 e. The Morgan fingerprint density at radius 1 is 1.21 bits per heavy atom. The highest BCUT2D eigenvalue weighted by atomic mass is 15.2. The smallest absolute Gasteiger partial charge is 0.0640 e. The second kappa shape index (κ2) is 7.04. The van der Waals surface area contributed by atoms with Crippen LogP contribution in [0.2, 0.25) is 0 Å². The summed E-state index contributed by atoms with van der Waals surface area (Å²) in [6.45, 7) is 3.22. The Hall–Kier alpha value is -1.68. The van der Waals surface area contributed by atoms with Crippen LogP contribution in [0, 0.1) is 0 Å². The Kier molecular flexibility index (Phi) is 5.10. The molecule has 0 aliphatic carbocycles. The predicted molar refractivity (Wildman–Crippen MR) is 76.9 cm³/mol. The van der Waals surface area contributed by atoms with Crippen molar-refractivity contribution in [1.82, 2.24) is 20.1 Å². The first-order valence-electron chi connectivity index (χ1n) is 6.89. The summed E-state index contributed by atoms with van der Waals surface area (Å²) in [4.78, 5) is 4.41. The summed E-state index contributed by atoms with van der Waals surface area (Å²) in [5.41, 5.74) is 2.26. The molecule has 0 bridgehead atoms. The molecule has 4 heteroatoms. The first kappa shape index (κ1) is 13.7. The molecule has 2 aromatic rings. The Balaban J connectivity index is 1.99. The number of pyridine rings is 1. The zero-order valence-corrected chi connectivity index (χ0v) is 11.7. The van der Waals surface area contributed by atoms with Gasteiger partial charge in [0.1, 0.15) is 0 Å². The fourth-order valence-corrected chi connectivity index (χ4v) is 2.16. The van der Waals surface area contributed by atoms with Gasteiger partial charge in [-0.3, -0.25) is 9.67 Å². The molecule has 2 aromatic heterocycles. The van der Waals surface area contributed by atoms with Crippen molar-refractivity contribution in [3.8, 4) is 0 Å². The van der Waals surface area contributed by atoms with Crippen molar-refractivity contribution in [3.63, 3.8) is 0 Å². The Morgan fingerprint density at radius 2 is 2.05 bits per heavy atom. The molecule has 2 heterocycles. The van der Waals surface area contributed by atoms with Gasteiger partial charge in [0.15, 0.2) is 0 Å². The molecular weight excluding hydrogens is 236 g/mol. The molecule has 0 amide bonds. The quantitative estimate of drug-likeness (QED) is 0.825. The van der Waals surface area contributed by atoms with Crippen LogP contribution in [0.3, 0.4) is 0 Å². The highest BCUT2D eigenvalue weighted by Crippen LogP contribution is 2.06. The molecular formula is C15H22N4. The van der Waals surface area contributed by atoms with Crippen molar-refractivity contribution in [3.05, 3.63) is 48.0 Å². The van der Waals surface area contributed by atoms with E-state index in [9.17, 15) is 0 Å². The third-order valence-electron chi connectivity index (χ3n) is 3.09. The lowest BCUT2D eigenvalue weighted by atomic mass is 10.1. The molecule has 0 fully saturated rings. The van der Waals surface area contributed by atoms with Crippen LogP contribution in [-0.2, 0) is 19.9 Å².